The maximum absolute atomic E-state index is 12.1. The Labute approximate surface area is 130 Å². The van der Waals surface area contributed by atoms with E-state index >= 15 is 0 Å². The van der Waals surface area contributed by atoms with Gasteiger partial charge in [-0.3, -0.25) is 9.59 Å². The van der Waals surface area contributed by atoms with Crippen molar-refractivity contribution in [2.75, 3.05) is 34.4 Å². The number of nitrogens with one attached hydrogen (secondary N) is 1. The Morgan fingerprint density at radius 3 is 2.73 bits per heavy atom. The lowest BCUT2D eigenvalue weighted by molar-refractivity contribution is -0.128. The standard InChI is InChI=1S/C16H22N2O4/c1-18-10-12(9-15(18)19)16(20)17-7-6-11-8-13(21-2)4-5-14(11)22-3/h4-5,8,12H,6-7,9-10H2,1-3H3,(H,17,20)/t12-/m1/s1. The van der Waals surface area contributed by atoms with Crippen LogP contribution in [0.5, 0.6) is 11.5 Å². The molecule has 0 aliphatic carbocycles. The van der Waals surface area contributed by atoms with Crippen LogP contribution in [0.3, 0.4) is 0 Å². The molecule has 1 aromatic carbocycles. The number of nitrogens with zero attached hydrogens (tertiary/aromatic N) is 1. The minimum absolute atomic E-state index is 0.0228. The second-order valence-corrected chi connectivity index (χ2v) is 5.39. The number of carbonyl (C=O) groups excluding carboxylic acids is 2. The molecule has 1 atom stereocenters. The molecule has 1 fully saturated rings. The molecule has 22 heavy (non-hydrogen) atoms. The Morgan fingerprint density at radius 2 is 2.14 bits per heavy atom. The summed E-state index contributed by atoms with van der Waals surface area (Å²) in [4.78, 5) is 25.1. The molecule has 1 heterocycles. The number of carbonyl (C=O) groups is 2. The Balaban J connectivity index is 1.88. The highest BCUT2D eigenvalue weighted by atomic mass is 16.5. The summed E-state index contributed by atoms with van der Waals surface area (Å²) >= 11 is 0. The molecule has 6 heteroatoms. The Kier molecular flexibility index (Phi) is 5.25. The summed E-state index contributed by atoms with van der Waals surface area (Å²) in [5.74, 6) is 1.23. The molecule has 1 N–H and O–H groups in total. The van der Waals surface area contributed by atoms with Gasteiger partial charge in [-0.05, 0) is 30.2 Å². The Morgan fingerprint density at radius 1 is 1.36 bits per heavy atom. The molecule has 120 valence electrons. The number of benzene rings is 1. The molecule has 0 bridgehead atoms. The predicted octanol–water partition coefficient (Wildman–Crippen LogP) is 0.841. The molecule has 0 radical (unpaired) electrons. The van der Waals surface area contributed by atoms with Crippen LogP contribution in [0.4, 0.5) is 0 Å². The summed E-state index contributed by atoms with van der Waals surface area (Å²) in [6.45, 7) is 0.990. The van der Waals surface area contributed by atoms with Crippen molar-refractivity contribution in [3.05, 3.63) is 23.8 Å². The molecular formula is C16H22N2O4. The second-order valence-electron chi connectivity index (χ2n) is 5.39. The van der Waals surface area contributed by atoms with Gasteiger partial charge in [0.05, 0.1) is 20.1 Å². The van der Waals surface area contributed by atoms with Crippen LogP contribution in [0.1, 0.15) is 12.0 Å². The largest absolute Gasteiger partial charge is 0.497 e. The zero-order valence-electron chi connectivity index (χ0n) is 13.2. The normalized spacial score (nSPS) is 17.5. The molecule has 2 amide bonds. The fraction of sp³-hybridized carbons (Fsp3) is 0.500. The Bertz CT molecular complexity index is 559. The van der Waals surface area contributed by atoms with Gasteiger partial charge in [-0.1, -0.05) is 0 Å². The van der Waals surface area contributed by atoms with Crippen molar-refractivity contribution in [1.29, 1.82) is 0 Å². The van der Waals surface area contributed by atoms with E-state index in [9.17, 15) is 9.59 Å². The van der Waals surface area contributed by atoms with Gasteiger partial charge in [-0.15, -0.1) is 0 Å². The third kappa shape index (κ3) is 3.69. The average Bonchev–Trinajstić information content (AvgIpc) is 2.86. The van der Waals surface area contributed by atoms with E-state index in [2.05, 4.69) is 5.32 Å². The minimum atomic E-state index is -0.246. The van der Waals surface area contributed by atoms with Gasteiger partial charge in [0.2, 0.25) is 11.8 Å². The highest BCUT2D eigenvalue weighted by Crippen LogP contribution is 2.24. The maximum atomic E-state index is 12.1. The van der Waals surface area contributed by atoms with E-state index in [-0.39, 0.29) is 17.7 Å². The quantitative estimate of drug-likeness (QED) is 0.846. The van der Waals surface area contributed by atoms with E-state index in [1.807, 2.05) is 18.2 Å². The van der Waals surface area contributed by atoms with Crippen LogP contribution in [-0.4, -0.2) is 51.1 Å². The number of amides is 2. The maximum Gasteiger partial charge on any atom is 0.225 e. The molecule has 1 aliphatic heterocycles. The van der Waals surface area contributed by atoms with Crippen LogP contribution >= 0.6 is 0 Å². The molecule has 0 aromatic heterocycles. The highest BCUT2D eigenvalue weighted by Gasteiger charge is 2.31. The van der Waals surface area contributed by atoms with E-state index in [0.717, 1.165) is 17.1 Å². The lowest BCUT2D eigenvalue weighted by Crippen LogP contribution is -2.33. The van der Waals surface area contributed by atoms with Crippen molar-refractivity contribution in [3.8, 4) is 11.5 Å². The van der Waals surface area contributed by atoms with Gasteiger partial charge < -0.3 is 19.7 Å². The topological polar surface area (TPSA) is 67.9 Å². The van der Waals surface area contributed by atoms with Crippen molar-refractivity contribution < 1.29 is 19.1 Å². The van der Waals surface area contributed by atoms with Crippen molar-refractivity contribution >= 4 is 11.8 Å². The predicted molar refractivity (Wildman–Crippen MR) is 82.0 cm³/mol. The van der Waals surface area contributed by atoms with Crippen molar-refractivity contribution in [3.63, 3.8) is 0 Å². The summed E-state index contributed by atoms with van der Waals surface area (Å²) in [7, 11) is 4.95. The second kappa shape index (κ2) is 7.15. The van der Waals surface area contributed by atoms with Gasteiger partial charge in [-0.25, -0.2) is 0 Å². The van der Waals surface area contributed by atoms with Crippen molar-refractivity contribution in [2.45, 2.75) is 12.8 Å². The minimum Gasteiger partial charge on any atom is -0.497 e. The summed E-state index contributed by atoms with van der Waals surface area (Å²) in [6.07, 6.45) is 0.938. The zero-order chi connectivity index (χ0) is 16.1. The van der Waals surface area contributed by atoms with Gasteiger partial charge >= 0.3 is 0 Å². The molecule has 6 nitrogen and oxygen atoms in total. The third-order valence-corrected chi connectivity index (χ3v) is 3.89. The number of hydrogen-bond donors (Lipinski definition) is 1. The third-order valence-electron chi connectivity index (χ3n) is 3.89. The number of rotatable bonds is 6. The fourth-order valence-electron chi connectivity index (χ4n) is 2.58. The van der Waals surface area contributed by atoms with Crippen molar-refractivity contribution in [1.82, 2.24) is 10.2 Å². The van der Waals surface area contributed by atoms with E-state index in [1.165, 1.54) is 0 Å². The lowest BCUT2D eigenvalue weighted by atomic mass is 10.1. The summed E-state index contributed by atoms with van der Waals surface area (Å²) in [5, 5.41) is 2.89. The SMILES string of the molecule is COc1ccc(OC)c(CCNC(=O)[C@@H]2CC(=O)N(C)C2)c1. The van der Waals surface area contributed by atoms with Gasteiger partial charge in [0.15, 0.2) is 0 Å². The van der Waals surface area contributed by atoms with Gasteiger partial charge in [0, 0.05) is 26.6 Å². The first-order valence-electron chi connectivity index (χ1n) is 7.27. The number of hydrogen-bond acceptors (Lipinski definition) is 4. The van der Waals surface area contributed by atoms with Gasteiger partial charge in [0.25, 0.3) is 0 Å². The fourth-order valence-corrected chi connectivity index (χ4v) is 2.58. The lowest BCUT2D eigenvalue weighted by Gasteiger charge is -2.13. The van der Waals surface area contributed by atoms with E-state index in [4.69, 9.17) is 9.47 Å². The van der Waals surface area contributed by atoms with Crippen LogP contribution in [0.15, 0.2) is 18.2 Å². The first-order valence-corrected chi connectivity index (χ1v) is 7.27. The van der Waals surface area contributed by atoms with Crippen molar-refractivity contribution in [2.24, 2.45) is 5.92 Å². The molecule has 2 rings (SSSR count). The molecule has 1 aromatic rings. The summed E-state index contributed by atoms with van der Waals surface area (Å²) in [5.41, 5.74) is 0.974. The van der Waals surface area contributed by atoms with Crippen LogP contribution < -0.4 is 14.8 Å². The molecular weight excluding hydrogens is 284 g/mol. The van der Waals surface area contributed by atoms with Crippen LogP contribution in [0.25, 0.3) is 0 Å². The average molecular weight is 306 g/mol. The molecule has 0 saturated carbocycles. The number of methoxy groups -OCH3 is 2. The van der Waals surface area contributed by atoms with E-state index in [1.54, 1.807) is 26.2 Å². The first kappa shape index (κ1) is 16.1. The van der Waals surface area contributed by atoms with Crippen LogP contribution in [-0.2, 0) is 16.0 Å². The van der Waals surface area contributed by atoms with Crippen LogP contribution in [0, 0.1) is 5.92 Å². The molecule has 1 aliphatic rings. The van der Waals surface area contributed by atoms with Gasteiger partial charge in [-0.2, -0.15) is 0 Å². The molecule has 0 spiro atoms. The van der Waals surface area contributed by atoms with Gasteiger partial charge in [0.1, 0.15) is 11.5 Å². The first-order chi connectivity index (χ1) is 10.5. The molecule has 0 unspecified atom stereocenters. The Hall–Kier alpha value is -2.24. The highest BCUT2D eigenvalue weighted by molar-refractivity contribution is 5.89. The summed E-state index contributed by atoms with van der Waals surface area (Å²) in [6, 6.07) is 5.58. The van der Waals surface area contributed by atoms with Crippen LogP contribution in [0.2, 0.25) is 0 Å². The summed E-state index contributed by atoms with van der Waals surface area (Å²) < 4.78 is 10.5. The number of likely N-dealkylation sites (tertiary alicyclic amines) is 1. The monoisotopic (exact) mass is 306 g/mol. The van der Waals surface area contributed by atoms with E-state index in [0.29, 0.717) is 25.9 Å². The number of ether oxygens (including phenoxy) is 2. The van der Waals surface area contributed by atoms with E-state index < -0.39 is 0 Å². The molecule has 1 saturated heterocycles. The smallest absolute Gasteiger partial charge is 0.225 e. The zero-order valence-corrected chi connectivity index (χ0v) is 13.2.